The number of unbranched alkanes of at least 4 members (excludes halogenated alkanes) is 2. The van der Waals surface area contributed by atoms with Gasteiger partial charge in [0.05, 0.1) is 0 Å². The first-order valence-electron chi connectivity index (χ1n) is 4.05. The highest BCUT2D eigenvalue weighted by Gasteiger charge is 1.92. The van der Waals surface area contributed by atoms with E-state index in [-0.39, 0.29) is 0 Å². The second kappa shape index (κ2) is 7.20. The highest BCUT2D eigenvalue weighted by molar-refractivity contribution is 8.02. The Morgan fingerprint density at radius 2 is 2.00 bits per heavy atom. The van der Waals surface area contributed by atoms with Crippen molar-refractivity contribution >= 4 is 11.8 Å². The number of hydrogen-bond acceptors (Lipinski definition) is 1. The van der Waals surface area contributed by atoms with Crippen molar-refractivity contribution in [1.82, 2.24) is 0 Å². The van der Waals surface area contributed by atoms with Crippen LogP contribution < -0.4 is 0 Å². The third-order valence-corrected chi connectivity index (χ3v) is 2.22. The SMILES string of the molecule is [CH]=C(CCCCC)SCC. The van der Waals surface area contributed by atoms with Crippen LogP contribution in [-0.4, -0.2) is 5.75 Å². The van der Waals surface area contributed by atoms with E-state index in [0.717, 1.165) is 17.1 Å². The lowest BCUT2D eigenvalue weighted by atomic mass is 10.2. The summed E-state index contributed by atoms with van der Waals surface area (Å²) in [5, 5.41) is 0. The Morgan fingerprint density at radius 3 is 2.50 bits per heavy atom. The molecule has 0 bridgehead atoms. The van der Waals surface area contributed by atoms with Gasteiger partial charge in [-0.1, -0.05) is 33.3 Å². The van der Waals surface area contributed by atoms with Crippen LogP contribution >= 0.6 is 11.8 Å². The van der Waals surface area contributed by atoms with Gasteiger partial charge in [0.2, 0.25) is 0 Å². The zero-order chi connectivity index (χ0) is 7.82. The molecule has 0 aromatic rings. The van der Waals surface area contributed by atoms with Gasteiger partial charge in [-0.3, -0.25) is 0 Å². The summed E-state index contributed by atoms with van der Waals surface area (Å²) >= 11 is 1.78. The summed E-state index contributed by atoms with van der Waals surface area (Å²) in [7, 11) is 0. The van der Waals surface area contributed by atoms with Gasteiger partial charge in [0.15, 0.2) is 0 Å². The lowest BCUT2D eigenvalue weighted by Gasteiger charge is -2.00. The molecular formula is C9H17S. The Morgan fingerprint density at radius 1 is 1.30 bits per heavy atom. The molecule has 0 fully saturated rings. The van der Waals surface area contributed by atoms with Gasteiger partial charge in [-0.2, -0.15) is 0 Å². The summed E-state index contributed by atoms with van der Waals surface area (Å²) in [6.45, 7) is 10.1. The molecule has 0 N–H and O–H groups in total. The number of allylic oxidation sites excluding steroid dienone is 1. The molecule has 0 aliphatic rings. The fourth-order valence-corrected chi connectivity index (χ4v) is 1.47. The Bertz CT molecular complexity index is 86.7. The van der Waals surface area contributed by atoms with Crippen LogP contribution in [0.1, 0.15) is 39.5 Å². The van der Waals surface area contributed by atoms with Crippen LogP contribution in [0.15, 0.2) is 4.91 Å². The molecule has 1 heteroatoms. The fraction of sp³-hybridized carbons (Fsp3) is 0.778. The first kappa shape index (κ1) is 10.1. The molecule has 0 heterocycles. The van der Waals surface area contributed by atoms with Gasteiger partial charge >= 0.3 is 0 Å². The van der Waals surface area contributed by atoms with E-state index in [1.165, 1.54) is 19.3 Å². The molecular weight excluding hydrogens is 140 g/mol. The third kappa shape index (κ3) is 6.21. The second-order valence-corrected chi connectivity index (χ2v) is 3.75. The van der Waals surface area contributed by atoms with E-state index in [9.17, 15) is 0 Å². The summed E-state index contributed by atoms with van der Waals surface area (Å²) in [4.78, 5) is 1.11. The van der Waals surface area contributed by atoms with Crippen molar-refractivity contribution in [2.45, 2.75) is 39.5 Å². The van der Waals surface area contributed by atoms with E-state index >= 15 is 0 Å². The van der Waals surface area contributed by atoms with E-state index in [4.69, 9.17) is 6.58 Å². The minimum Gasteiger partial charge on any atom is -0.131 e. The van der Waals surface area contributed by atoms with Crippen molar-refractivity contribution in [3.8, 4) is 0 Å². The van der Waals surface area contributed by atoms with E-state index in [1.54, 1.807) is 11.8 Å². The summed E-state index contributed by atoms with van der Waals surface area (Å²) in [6, 6.07) is 0. The van der Waals surface area contributed by atoms with Gasteiger partial charge in [0.25, 0.3) is 0 Å². The largest absolute Gasteiger partial charge is 0.131 e. The van der Waals surface area contributed by atoms with Gasteiger partial charge in [0, 0.05) is 0 Å². The lowest BCUT2D eigenvalue weighted by Crippen LogP contribution is -1.78. The normalized spacial score (nSPS) is 9.80. The fourth-order valence-electron chi connectivity index (χ4n) is 0.807. The number of thioether (sulfide) groups is 1. The predicted molar refractivity (Wildman–Crippen MR) is 50.1 cm³/mol. The van der Waals surface area contributed by atoms with E-state index in [0.29, 0.717) is 0 Å². The maximum absolute atomic E-state index is 5.70. The average molecular weight is 157 g/mol. The monoisotopic (exact) mass is 157 g/mol. The standard InChI is InChI=1S/C9H17S/c1-4-6-7-8-9(3)10-5-2/h3H,4-8H2,1-2H3. The van der Waals surface area contributed by atoms with Crippen LogP contribution in [0.5, 0.6) is 0 Å². The van der Waals surface area contributed by atoms with E-state index in [2.05, 4.69) is 13.8 Å². The van der Waals surface area contributed by atoms with Crippen LogP contribution in [0.3, 0.4) is 0 Å². The zero-order valence-electron chi connectivity index (χ0n) is 7.02. The molecule has 0 saturated heterocycles. The summed E-state index contributed by atoms with van der Waals surface area (Å²) in [5.41, 5.74) is 0. The molecule has 0 nitrogen and oxygen atoms in total. The maximum atomic E-state index is 5.70. The molecule has 0 aliphatic heterocycles. The van der Waals surface area contributed by atoms with Crippen LogP contribution in [0.4, 0.5) is 0 Å². The Labute approximate surface area is 69.1 Å². The molecule has 0 unspecified atom stereocenters. The first-order valence-corrected chi connectivity index (χ1v) is 5.03. The molecule has 0 atom stereocenters. The van der Waals surface area contributed by atoms with Crippen molar-refractivity contribution in [3.05, 3.63) is 11.5 Å². The molecule has 10 heavy (non-hydrogen) atoms. The molecule has 1 radical (unpaired) electrons. The topological polar surface area (TPSA) is 0 Å². The molecule has 0 rings (SSSR count). The van der Waals surface area contributed by atoms with Crippen LogP contribution in [0, 0.1) is 6.58 Å². The van der Waals surface area contributed by atoms with Crippen LogP contribution in [0.2, 0.25) is 0 Å². The molecule has 0 saturated carbocycles. The second-order valence-electron chi connectivity index (χ2n) is 2.36. The third-order valence-electron chi connectivity index (χ3n) is 1.36. The highest BCUT2D eigenvalue weighted by atomic mass is 32.2. The number of hydrogen-bond donors (Lipinski definition) is 0. The van der Waals surface area contributed by atoms with Gasteiger partial charge < -0.3 is 0 Å². The number of rotatable bonds is 6. The minimum atomic E-state index is 1.10. The molecule has 0 amide bonds. The average Bonchev–Trinajstić information content (AvgIpc) is 1.89. The minimum absolute atomic E-state index is 1.10. The predicted octanol–water partition coefficient (Wildman–Crippen LogP) is 3.64. The van der Waals surface area contributed by atoms with Crippen LogP contribution in [-0.2, 0) is 0 Å². The van der Waals surface area contributed by atoms with E-state index < -0.39 is 0 Å². The lowest BCUT2D eigenvalue weighted by molar-refractivity contribution is 0.726. The summed E-state index contributed by atoms with van der Waals surface area (Å²) in [6.07, 6.45) is 4.96. The van der Waals surface area contributed by atoms with Crippen molar-refractivity contribution in [1.29, 1.82) is 0 Å². The highest BCUT2D eigenvalue weighted by Crippen LogP contribution is 2.18. The van der Waals surface area contributed by atoms with Gasteiger partial charge in [-0.05, 0) is 23.5 Å². The van der Waals surface area contributed by atoms with Gasteiger partial charge in [0.1, 0.15) is 0 Å². The van der Waals surface area contributed by atoms with Crippen LogP contribution in [0.25, 0.3) is 0 Å². The van der Waals surface area contributed by atoms with Gasteiger partial charge in [-0.15, -0.1) is 11.8 Å². The zero-order valence-corrected chi connectivity index (χ0v) is 7.84. The Balaban J connectivity index is 3.05. The summed E-state index contributed by atoms with van der Waals surface area (Å²) in [5.74, 6) is 1.11. The maximum Gasteiger partial charge on any atom is -0.00517 e. The Hall–Kier alpha value is 0.0900. The van der Waals surface area contributed by atoms with E-state index in [1.807, 2.05) is 0 Å². The molecule has 0 aromatic carbocycles. The summed E-state index contributed by atoms with van der Waals surface area (Å²) < 4.78 is 0. The van der Waals surface area contributed by atoms with Crippen molar-refractivity contribution in [2.24, 2.45) is 0 Å². The van der Waals surface area contributed by atoms with Crippen molar-refractivity contribution in [2.75, 3.05) is 5.75 Å². The van der Waals surface area contributed by atoms with Gasteiger partial charge in [-0.25, -0.2) is 0 Å². The smallest absolute Gasteiger partial charge is 0.00517 e. The molecule has 0 aliphatic carbocycles. The molecule has 59 valence electrons. The molecule has 0 spiro atoms. The Kier molecular flexibility index (Phi) is 7.26. The quantitative estimate of drug-likeness (QED) is 0.530. The van der Waals surface area contributed by atoms with Crippen molar-refractivity contribution < 1.29 is 0 Å². The first-order chi connectivity index (χ1) is 4.81. The van der Waals surface area contributed by atoms with Crippen molar-refractivity contribution in [3.63, 3.8) is 0 Å². The molecule has 0 aromatic heterocycles.